The van der Waals surface area contributed by atoms with Gasteiger partial charge in [-0.15, -0.1) is 0 Å². The van der Waals surface area contributed by atoms with E-state index in [4.69, 9.17) is 9.51 Å². The van der Waals surface area contributed by atoms with Gasteiger partial charge >= 0.3 is 0 Å². The minimum absolute atomic E-state index is 0.487. The van der Waals surface area contributed by atoms with Crippen LogP contribution in [0.2, 0.25) is 0 Å². The highest BCUT2D eigenvalue weighted by molar-refractivity contribution is 5.68. The molecule has 4 heterocycles. The van der Waals surface area contributed by atoms with E-state index in [9.17, 15) is 0 Å². The number of fused-ring (bicyclic) bond motifs is 1. The zero-order valence-electron chi connectivity index (χ0n) is 13.7. The number of hydrogen-bond acceptors (Lipinski definition) is 6. The summed E-state index contributed by atoms with van der Waals surface area (Å²) in [5.74, 6) is 3.07. The molecular weight excluding hydrogens is 304 g/mol. The Morgan fingerprint density at radius 1 is 1.29 bits per heavy atom. The molecule has 0 radical (unpaired) electrons. The van der Waals surface area contributed by atoms with E-state index in [1.54, 1.807) is 13.1 Å². The number of aryl methyl sites for hydroxylation is 3. The first-order valence-electron chi connectivity index (χ1n) is 8.34. The van der Waals surface area contributed by atoms with E-state index < -0.39 is 0 Å². The molecule has 1 N–H and O–H groups in total. The number of nitrogens with one attached hydrogen (secondary N) is 1. The highest BCUT2D eigenvalue weighted by Crippen LogP contribution is 2.24. The van der Waals surface area contributed by atoms with Crippen molar-refractivity contribution in [3.05, 3.63) is 41.9 Å². The Labute approximate surface area is 140 Å². The van der Waals surface area contributed by atoms with E-state index in [0.29, 0.717) is 11.7 Å². The normalized spacial score (nSPS) is 13.7. The van der Waals surface area contributed by atoms with E-state index in [1.165, 1.54) is 18.7 Å². The summed E-state index contributed by atoms with van der Waals surface area (Å²) in [6.07, 6.45) is 8.38. The lowest BCUT2D eigenvalue weighted by atomic mass is 10.2. The van der Waals surface area contributed by atoms with E-state index in [-0.39, 0.29) is 0 Å². The minimum atomic E-state index is 0.487. The van der Waals surface area contributed by atoms with Crippen LogP contribution in [0.5, 0.6) is 0 Å². The molecule has 0 aromatic carbocycles. The van der Waals surface area contributed by atoms with Gasteiger partial charge < -0.3 is 14.4 Å². The van der Waals surface area contributed by atoms with Crippen LogP contribution >= 0.6 is 0 Å². The van der Waals surface area contributed by atoms with E-state index in [0.717, 1.165) is 43.0 Å². The molecule has 0 atom stereocenters. The van der Waals surface area contributed by atoms with Crippen molar-refractivity contribution >= 4 is 5.82 Å². The van der Waals surface area contributed by atoms with Gasteiger partial charge in [0.05, 0.1) is 11.3 Å². The second kappa shape index (κ2) is 6.43. The highest BCUT2D eigenvalue weighted by Gasteiger charge is 2.14. The lowest BCUT2D eigenvalue weighted by Crippen LogP contribution is -2.09. The van der Waals surface area contributed by atoms with Crippen LogP contribution in [0.4, 0.5) is 5.82 Å². The Morgan fingerprint density at radius 2 is 2.25 bits per heavy atom. The maximum atomic E-state index is 5.25. The smallest absolute Gasteiger partial charge is 0.261 e. The Morgan fingerprint density at radius 3 is 3.08 bits per heavy atom. The molecule has 3 aromatic heterocycles. The average Bonchev–Trinajstić information content (AvgIpc) is 3.21. The van der Waals surface area contributed by atoms with Gasteiger partial charge in [0, 0.05) is 38.3 Å². The summed E-state index contributed by atoms with van der Waals surface area (Å²) in [4.78, 5) is 13.4. The molecule has 0 fully saturated rings. The van der Waals surface area contributed by atoms with Crippen molar-refractivity contribution in [3.8, 4) is 11.5 Å². The summed E-state index contributed by atoms with van der Waals surface area (Å²) in [7, 11) is 0. The Hall–Kier alpha value is -2.70. The SMILES string of the molecule is Cc1noc(-c2cccnc2NCCc2cn3c(n2)CCCC3)n1. The topological polar surface area (TPSA) is 81.7 Å². The summed E-state index contributed by atoms with van der Waals surface area (Å²) >= 11 is 0. The summed E-state index contributed by atoms with van der Waals surface area (Å²) in [6.45, 7) is 3.65. The molecule has 0 spiro atoms. The van der Waals surface area contributed by atoms with Crippen molar-refractivity contribution in [2.24, 2.45) is 0 Å². The number of aromatic nitrogens is 5. The van der Waals surface area contributed by atoms with Gasteiger partial charge in [-0.25, -0.2) is 9.97 Å². The van der Waals surface area contributed by atoms with E-state index >= 15 is 0 Å². The zero-order valence-corrected chi connectivity index (χ0v) is 13.7. The molecule has 7 nitrogen and oxygen atoms in total. The molecule has 0 bridgehead atoms. The standard InChI is InChI=1S/C17H20N6O/c1-12-20-17(24-22-12)14-5-4-8-18-16(14)19-9-7-13-11-23-10-3-2-6-15(23)21-13/h4-5,8,11H,2-3,6-7,9-10H2,1H3,(H,18,19). The molecule has 1 aliphatic rings. The number of imidazole rings is 1. The molecule has 1 aliphatic heterocycles. The molecule has 3 aromatic rings. The molecule has 0 amide bonds. The van der Waals surface area contributed by atoms with Crippen LogP contribution in [-0.2, 0) is 19.4 Å². The van der Waals surface area contributed by atoms with Crippen molar-refractivity contribution in [2.75, 3.05) is 11.9 Å². The first-order valence-corrected chi connectivity index (χ1v) is 8.34. The fourth-order valence-corrected chi connectivity index (χ4v) is 3.03. The second-order valence-electron chi connectivity index (χ2n) is 6.02. The Bertz CT molecular complexity index is 814. The quantitative estimate of drug-likeness (QED) is 0.777. The Kier molecular flexibility index (Phi) is 3.98. The lowest BCUT2D eigenvalue weighted by molar-refractivity contribution is 0.425. The fourth-order valence-electron chi connectivity index (χ4n) is 3.03. The van der Waals surface area contributed by atoms with Crippen LogP contribution in [0, 0.1) is 6.92 Å². The molecular formula is C17H20N6O. The molecule has 4 rings (SSSR count). The summed E-state index contributed by atoms with van der Waals surface area (Å²) in [5, 5.41) is 7.21. The van der Waals surface area contributed by atoms with Gasteiger partial charge in [0.2, 0.25) is 0 Å². The number of nitrogens with zero attached hydrogens (tertiary/aromatic N) is 5. The van der Waals surface area contributed by atoms with Crippen LogP contribution in [0.15, 0.2) is 29.0 Å². The summed E-state index contributed by atoms with van der Waals surface area (Å²) in [6, 6.07) is 3.79. The fraction of sp³-hybridized carbons (Fsp3) is 0.412. The number of rotatable bonds is 5. The molecule has 124 valence electrons. The summed E-state index contributed by atoms with van der Waals surface area (Å²) < 4.78 is 7.54. The van der Waals surface area contributed by atoms with Crippen LogP contribution in [0.1, 0.15) is 30.2 Å². The molecule has 0 unspecified atom stereocenters. The minimum Gasteiger partial charge on any atom is -0.369 e. The molecule has 0 aliphatic carbocycles. The maximum Gasteiger partial charge on any atom is 0.261 e. The monoisotopic (exact) mass is 324 g/mol. The van der Waals surface area contributed by atoms with Gasteiger partial charge in [0.25, 0.3) is 5.89 Å². The average molecular weight is 324 g/mol. The highest BCUT2D eigenvalue weighted by atomic mass is 16.5. The predicted molar refractivity (Wildman–Crippen MR) is 89.6 cm³/mol. The third kappa shape index (κ3) is 3.02. The van der Waals surface area contributed by atoms with Crippen molar-refractivity contribution < 1.29 is 4.52 Å². The molecule has 0 saturated heterocycles. The van der Waals surface area contributed by atoms with Crippen molar-refractivity contribution in [3.63, 3.8) is 0 Å². The largest absolute Gasteiger partial charge is 0.369 e. The third-order valence-corrected chi connectivity index (χ3v) is 4.20. The van der Waals surface area contributed by atoms with Gasteiger partial charge in [0.15, 0.2) is 5.82 Å². The van der Waals surface area contributed by atoms with Gasteiger partial charge in [-0.1, -0.05) is 5.16 Å². The van der Waals surface area contributed by atoms with Crippen molar-refractivity contribution in [1.82, 2.24) is 24.7 Å². The maximum absolute atomic E-state index is 5.25. The Balaban J connectivity index is 1.44. The van der Waals surface area contributed by atoms with Gasteiger partial charge in [-0.2, -0.15) is 4.98 Å². The van der Waals surface area contributed by atoms with Crippen LogP contribution in [-0.4, -0.2) is 31.2 Å². The van der Waals surface area contributed by atoms with Gasteiger partial charge in [-0.3, -0.25) is 0 Å². The molecule has 7 heteroatoms. The molecule has 0 saturated carbocycles. The molecule has 24 heavy (non-hydrogen) atoms. The first-order chi connectivity index (χ1) is 11.8. The second-order valence-corrected chi connectivity index (χ2v) is 6.02. The number of pyridine rings is 1. The van der Waals surface area contributed by atoms with Crippen molar-refractivity contribution in [1.29, 1.82) is 0 Å². The number of hydrogen-bond donors (Lipinski definition) is 1. The zero-order chi connectivity index (χ0) is 16.4. The van der Waals surface area contributed by atoms with Crippen molar-refractivity contribution in [2.45, 2.75) is 39.2 Å². The van der Waals surface area contributed by atoms with Crippen LogP contribution < -0.4 is 5.32 Å². The van der Waals surface area contributed by atoms with Gasteiger partial charge in [0.1, 0.15) is 11.6 Å². The lowest BCUT2D eigenvalue weighted by Gasteiger charge is -2.11. The van der Waals surface area contributed by atoms with Crippen LogP contribution in [0.3, 0.4) is 0 Å². The number of anilines is 1. The summed E-state index contributed by atoms with van der Waals surface area (Å²) in [5.41, 5.74) is 1.95. The van der Waals surface area contributed by atoms with Gasteiger partial charge in [-0.05, 0) is 31.9 Å². The van der Waals surface area contributed by atoms with E-state index in [2.05, 4.69) is 31.2 Å². The first kappa shape index (κ1) is 14.9. The van der Waals surface area contributed by atoms with E-state index in [1.807, 2.05) is 12.1 Å². The predicted octanol–water partition coefficient (Wildman–Crippen LogP) is 2.63. The van der Waals surface area contributed by atoms with Crippen LogP contribution in [0.25, 0.3) is 11.5 Å². The third-order valence-electron chi connectivity index (χ3n) is 4.20.